The smallest absolute Gasteiger partial charge is 0.234 e. The fourth-order valence-corrected chi connectivity index (χ4v) is 4.77. The second kappa shape index (κ2) is 8.84. The minimum atomic E-state index is 0.157. The molecule has 5 nitrogen and oxygen atoms in total. The number of carbonyl (C=O) groups is 2. The zero-order chi connectivity index (χ0) is 16.8. The van der Waals surface area contributed by atoms with Crippen molar-refractivity contribution in [1.82, 2.24) is 15.1 Å². The summed E-state index contributed by atoms with van der Waals surface area (Å²) in [5.41, 5.74) is 0. The van der Waals surface area contributed by atoms with Crippen molar-refractivity contribution in [2.45, 2.75) is 70.3 Å². The van der Waals surface area contributed by atoms with Gasteiger partial charge in [-0.1, -0.05) is 12.8 Å². The van der Waals surface area contributed by atoms with Crippen molar-refractivity contribution in [2.24, 2.45) is 5.92 Å². The lowest BCUT2D eigenvalue weighted by Gasteiger charge is -2.37. The molecule has 3 aliphatic rings. The van der Waals surface area contributed by atoms with Crippen LogP contribution >= 0.6 is 0 Å². The number of amides is 2. The SMILES string of the molecule is O=C(CN1CCC[C@H]2CCC[C@@H]21)NCCCN1CCCCCC1=O. The molecule has 2 heterocycles. The standard InChI is InChI=1S/C19H33N3O2/c23-18(15-22-13-5-8-16-7-4-9-17(16)22)20-11-6-14-21-12-3-1-2-10-19(21)24/h16-17H,1-15H2,(H,20,23)/t16-,17+/m1/s1. The number of fused-ring (bicyclic) bond motifs is 1. The Bertz CT molecular complexity index is 440. The molecule has 2 aliphatic heterocycles. The van der Waals surface area contributed by atoms with Crippen LogP contribution in [0, 0.1) is 5.92 Å². The minimum Gasteiger partial charge on any atom is -0.355 e. The molecule has 0 aromatic rings. The van der Waals surface area contributed by atoms with E-state index in [0.717, 1.165) is 51.2 Å². The molecule has 0 aromatic carbocycles. The Morgan fingerprint density at radius 1 is 1.04 bits per heavy atom. The molecule has 3 rings (SSSR count). The highest BCUT2D eigenvalue weighted by molar-refractivity contribution is 5.78. The summed E-state index contributed by atoms with van der Waals surface area (Å²) < 4.78 is 0. The lowest BCUT2D eigenvalue weighted by Crippen LogP contribution is -2.47. The number of piperidine rings is 1. The summed E-state index contributed by atoms with van der Waals surface area (Å²) in [5.74, 6) is 1.28. The van der Waals surface area contributed by atoms with Gasteiger partial charge in [0.25, 0.3) is 0 Å². The Morgan fingerprint density at radius 3 is 2.83 bits per heavy atom. The molecule has 136 valence electrons. The highest BCUT2D eigenvalue weighted by Crippen LogP contribution is 2.36. The molecule has 0 aromatic heterocycles. The first kappa shape index (κ1) is 17.7. The second-order valence-electron chi connectivity index (χ2n) is 7.77. The van der Waals surface area contributed by atoms with Crippen molar-refractivity contribution in [2.75, 3.05) is 32.7 Å². The van der Waals surface area contributed by atoms with Crippen molar-refractivity contribution in [3.8, 4) is 0 Å². The highest BCUT2D eigenvalue weighted by atomic mass is 16.2. The Kier molecular flexibility index (Phi) is 6.52. The third-order valence-corrected chi connectivity index (χ3v) is 6.05. The van der Waals surface area contributed by atoms with Gasteiger partial charge in [-0.2, -0.15) is 0 Å². The van der Waals surface area contributed by atoms with Gasteiger partial charge < -0.3 is 10.2 Å². The molecule has 0 radical (unpaired) electrons. The monoisotopic (exact) mass is 335 g/mol. The third-order valence-electron chi connectivity index (χ3n) is 6.05. The average molecular weight is 335 g/mol. The summed E-state index contributed by atoms with van der Waals surface area (Å²) in [6, 6.07) is 0.652. The van der Waals surface area contributed by atoms with E-state index < -0.39 is 0 Å². The third kappa shape index (κ3) is 4.71. The van der Waals surface area contributed by atoms with Crippen molar-refractivity contribution in [3.05, 3.63) is 0 Å². The van der Waals surface area contributed by atoms with E-state index in [1.54, 1.807) is 0 Å². The van der Waals surface area contributed by atoms with Crippen LogP contribution in [-0.4, -0.2) is 60.4 Å². The first-order valence-corrected chi connectivity index (χ1v) is 10.0. The zero-order valence-corrected chi connectivity index (χ0v) is 15.0. The highest BCUT2D eigenvalue weighted by Gasteiger charge is 2.35. The summed E-state index contributed by atoms with van der Waals surface area (Å²) in [6.07, 6.45) is 11.4. The lowest BCUT2D eigenvalue weighted by atomic mass is 9.92. The summed E-state index contributed by atoms with van der Waals surface area (Å²) >= 11 is 0. The van der Waals surface area contributed by atoms with E-state index in [9.17, 15) is 9.59 Å². The minimum absolute atomic E-state index is 0.157. The molecule has 1 N–H and O–H groups in total. The second-order valence-corrected chi connectivity index (χ2v) is 7.77. The maximum absolute atomic E-state index is 12.2. The number of carbonyl (C=O) groups excluding carboxylic acids is 2. The summed E-state index contributed by atoms with van der Waals surface area (Å²) in [5, 5.41) is 3.06. The Morgan fingerprint density at radius 2 is 1.92 bits per heavy atom. The van der Waals surface area contributed by atoms with Gasteiger partial charge in [0.05, 0.1) is 6.54 Å². The van der Waals surface area contributed by atoms with Gasteiger partial charge in [0.1, 0.15) is 0 Å². The van der Waals surface area contributed by atoms with Gasteiger partial charge in [-0.3, -0.25) is 14.5 Å². The number of nitrogens with zero attached hydrogens (tertiary/aromatic N) is 2. The predicted molar refractivity (Wildman–Crippen MR) is 94.6 cm³/mol. The van der Waals surface area contributed by atoms with Crippen molar-refractivity contribution in [3.63, 3.8) is 0 Å². The molecule has 1 saturated carbocycles. The van der Waals surface area contributed by atoms with E-state index in [-0.39, 0.29) is 5.91 Å². The molecular weight excluding hydrogens is 302 g/mol. The molecule has 0 bridgehead atoms. The van der Waals surface area contributed by atoms with Gasteiger partial charge in [0.15, 0.2) is 0 Å². The van der Waals surface area contributed by atoms with Gasteiger partial charge in [0, 0.05) is 32.1 Å². The topological polar surface area (TPSA) is 52.7 Å². The van der Waals surface area contributed by atoms with E-state index in [0.29, 0.717) is 31.5 Å². The Hall–Kier alpha value is -1.10. The Balaban J connectivity index is 1.33. The molecule has 5 heteroatoms. The van der Waals surface area contributed by atoms with Gasteiger partial charge in [-0.25, -0.2) is 0 Å². The molecule has 3 fully saturated rings. The average Bonchev–Trinajstić information content (AvgIpc) is 2.97. The largest absolute Gasteiger partial charge is 0.355 e. The van der Waals surface area contributed by atoms with Crippen LogP contribution in [0.1, 0.15) is 64.2 Å². The first-order chi connectivity index (χ1) is 11.7. The number of likely N-dealkylation sites (tertiary alicyclic amines) is 2. The van der Waals surface area contributed by atoms with Crippen molar-refractivity contribution >= 4 is 11.8 Å². The number of hydrogen-bond donors (Lipinski definition) is 1. The van der Waals surface area contributed by atoms with Crippen LogP contribution in [-0.2, 0) is 9.59 Å². The maximum atomic E-state index is 12.2. The van der Waals surface area contributed by atoms with Crippen LogP contribution in [0.15, 0.2) is 0 Å². The molecule has 0 unspecified atom stereocenters. The lowest BCUT2D eigenvalue weighted by molar-refractivity contribution is -0.130. The normalized spacial score (nSPS) is 28.5. The molecule has 1 aliphatic carbocycles. The van der Waals surface area contributed by atoms with Crippen LogP contribution in [0.2, 0.25) is 0 Å². The maximum Gasteiger partial charge on any atom is 0.234 e. The van der Waals surface area contributed by atoms with Gasteiger partial charge in [-0.05, 0) is 57.4 Å². The number of nitrogens with one attached hydrogen (secondary N) is 1. The number of rotatable bonds is 6. The van der Waals surface area contributed by atoms with Crippen molar-refractivity contribution in [1.29, 1.82) is 0 Å². The molecule has 2 saturated heterocycles. The van der Waals surface area contributed by atoms with Crippen LogP contribution in [0.4, 0.5) is 0 Å². The van der Waals surface area contributed by atoms with Gasteiger partial charge in [-0.15, -0.1) is 0 Å². The van der Waals surface area contributed by atoms with Gasteiger partial charge in [0.2, 0.25) is 11.8 Å². The van der Waals surface area contributed by atoms with Crippen LogP contribution < -0.4 is 5.32 Å². The van der Waals surface area contributed by atoms with E-state index in [1.165, 1.54) is 32.1 Å². The van der Waals surface area contributed by atoms with E-state index >= 15 is 0 Å². The van der Waals surface area contributed by atoms with E-state index in [2.05, 4.69) is 10.2 Å². The quantitative estimate of drug-likeness (QED) is 0.757. The molecule has 0 spiro atoms. The van der Waals surface area contributed by atoms with Crippen LogP contribution in [0.25, 0.3) is 0 Å². The molecule has 24 heavy (non-hydrogen) atoms. The fourth-order valence-electron chi connectivity index (χ4n) is 4.77. The summed E-state index contributed by atoms with van der Waals surface area (Å²) in [6.45, 7) is 4.00. The van der Waals surface area contributed by atoms with E-state index in [4.69, 9.17) is 0 Å². The predicted octanol–water partition coefficient (Wildman–Crippen LogP) is 2.16. The van der Waals surface area contributed by atoms with Crippen LogP contribution in [0.5, 0.6) is 0 Å². The molecule has 2 amide bonds. The summed E-state index contributed by atoms with van der Waals surface area (Å²) in [4.78, 5) is 28.6. The summed E-state index contributed by atoms with van der Waals surface area (Å²) in [7, 11) is 0. The van der Waals surface area contributed by atoms with Crippen LogP contribution in [0.3, 0.4) is 0 Å². The molecule has 2 atom stereocenters. The van der Waals surface area contributed by atoms with Gasteiger partial charge >= 0.3 is 0 Å². The molecular formula is C19H33N3O2. The fraction of sp³-hybridized carbons (Fsp3) is 0.895. The van der Waals surface area contributed by atoms with E-state index in [1.807, 2.05) is 4.90 Å². The Labute approximate surface area is 146 Å². The van der Waals surface area contributed by atoms with Crippen molar-refractivity contribution < 1.29 is 9.59 Å². The first-order valence-electron chi connectivity index (χ1n) is 10.0. The zero-order valence-electron chi connectivity index (χ0n) is 15.0. The number of hydrogen-bond acceptors (Lipinski definition) is 3.